The van der Waals surface area contributed by atoms with Gasteiger partial charge in [-0.15, -0.1) is 0 Å². The van der Waals surface area contributed by atoms with Crippen molar-refractivity contribution in [1.29, 1.82) is 0 Å². The van der Waals surface area contributed by atoms with Gasteiger partial charge in [0.15, 0.2) is 11.6 Å². The highest BCUT2D eigenvalue weighted by Crippen LogP contribution is 2.20. The van der Waals surface area contributed by atoms with Gasteiger partial charge in [-0.1, -0.05) is 12.1 Å². The molecule has 1 aliphatic rings. The maximum atomic E-state index is 13.7. The van der Waals surface area contributed by atoms with E-state index in [2.05, 4.69) is 5.32 Å². The van der Waals surface area contributed by atoms with E-state index < -0.39 is 17.7 Å². The van der Waals surface area contributed by atoms with Crippen molar-refractivity contribution in [1.82, 2.24) is 10.2 Å². The number of amides is 1. The molecule has 6 heteroatoms. The van der Waals surface area contributed by atoms with Gasteiger partial charge in [0.05, 0.1) is 12.6 Å². The fraction of sp³-hybridized carbons (Fsp3) is 0.462. The summed E-state index contributed by atoms with van der Waals surface area (Å²) < 4.78 is 32.0. The highest BCUT2D eigenvalue weighted by molar-refractivity contribution is 5.78. The summed E-state index contributed by atoms with van der Waals surface area (Å²) in [6.07, 6.45) is 0. The Kier molecular flexibility index (Phi) is 4.44. The van der Waals surface area contributed by atoms with Gasteiger partial charge in [-0.2, -0.15) is 0 Å². The quantitative estimate of drug-likeness (QED) is 0.890. The molecule has 1 fully saturated rings. The second-order valence-electron chi connectivity index (χ2n) is 4.38. The molecule has 0 bridgehead atoms. The molecule has 1 heterocycles. The van der Waals surface area contributed by atoms with Crippen molar-refractivity contribution in [3.63, 3.8) is 0 Å². The average molecular weight is 270 g/mol. The van der Waals surface area contributed by atoms with Gasteiger partial charge in [-0.05, 0) is 13.1 Å². The summed E-state index contributed by atoms with van der Waals surface area (Å²) in [5.41, 5.74) is 0.224. The number of hydrogen-bond acceptors (Lipinski definition) is 3. The van der Waals surface area contributed by atoms with E-state index in [-0.39, 0.29) is 18.1 Å². The van der Waals surface area contributed by atoms with Crippen LogP contribution in [0.5, 0.6) is 0 Å². The molecule has 1 saturated heterocycles. The molecule has 0 spiro atoms. The lowest BCUT2D eigenvalue weighted by atomic mass is 10.1. The fourth-order valence-electron chi connectivity index (χ4n) is 2.10. The van der Waals surface area contributed by atoms with E-state index in [4.69, 9.17) is 4.74 Å². The number of benzene rings is 1. The molecule has 1 aromatic rings. The van der Waals surface area contributed by atoms with Crippen LogP contribution in [-0.4, -0.2) is 44.2 Å². The zero-order valence-corrected chi connectivity index (χ0v) is 10.7. The zero-order chi connectivity index (χ0) is 13.8. The Morgan fingerprint density at radius 3 is 2.95 bits per heavy atom. The standard InChI is InChI=1S/C13H16F2N2O2/c1-16-11(7-17-5-6-19-8-12(17)18)9-3-2-4-10(14)13(9)15/h2-4,11,16H,5-8H2,1H3. The molecule has 4 nitrogen and oxygen atoms in total. The Morgan fingerprint density at radius 1 is 1.47 bits per heavy atom. The molecule has 1 aromatic carbocycles. The van der Waals surface area contributed by atoms with Gasteiger partial charge in [0.25, 0.3) is 0 Å². The molecule has 0 aromatic heterocycles. The van der Waals surface area contributed by atoms with E-state index >= 15 is 0 Å². The lowest BCUT2D eigenvalue weighted by molar-refractivity contribution is -0.143. The summed E-state index contributed by atoms with van der Waals surface area (Å²) in [5, 5.41) is 2.91. The van der Waals surface area contributed by atoms with Gasteiger partial charge in [0, 0.05) is 18.7 Å². The largest absolute Gasteiger partial charge is 0.370 e. The summed E-state index contributed by atoms with van der Waals surface area (Å²) in [6, 6.07) is 3.60. The molecule has 19 heavy (non-hydrogen) atoms. The minimum atomic E-state index is -0.883. The Hall–Kier alpha value is -1.53. The van der Waals surface area contributed by atoms with Crippen molar-refractivity contribution >= 4 is 5.91 Å². The molecular weight excluding hydrogens is 254 g/mol. The minimum absolute atomic E-state index is 0.0437. The summed E-state index contributed by atoms with van der Waals surface area (Å²) in [6.45, 7) is 1.27. The molecule has 0 aliphatic carbocycles. The Morgan fingerprint density at radius 2 is 2.26 bits per heavy atom. The number of halogens is 2. The highest BCUT2D eigenvalue weighted by atomic mass is 19.2. The summed E-state index contributed by atoms with van der Waals surface area (Å²) in [5.74, 6) is -1.89. The van der Waals surface area contributed by atoms with E-state index in [1.807, 2.05) is 0 Å². The van der Waals surface area contributed by atoms with Crippen molar-refractivity contribution in [2.24, 2.45) is 0 Å². The van der Waals surface area contributed by atoms with E-state index in [9.17, 15) is 13.6 Å². The molecule has 1 unspecified atom stereocenters. The third-order valence-electron chi connectivity index (χ3n) is 3.19. The van der Waals surface area contributed by atoms with Crippen LogP contribution >= 0.6 is 0 Å². The first-order valence-electron chi connectivity index (χ1n) is 6.10. The van der Waals surface area contributed by atoms with Crippen LogP contribution < -0.4 is 5.32 Å². The summed E-state index contributed by atoms with van der Waals surface area (Å²) in [4.78, 5) is 13.2. The molecule has 1 amide bonds. The van der Waals surface area contributed by atoms with Crippen molar-refractivity contribution in [3.8, 4) is 0 Å². The monoisotopic (exact) mass is 270 g/mol. The van der Waals surface area contributed by atoms with E-state index in [1.54, 1.807) is 11.9 Å². The molecule has 1 aliphatic heterocycles. The first-order valence-corrected chi connectivity index (χ1v) is 6.10. The number of carbonyl (C=O) groups is 1. The smallest absolute Gasteiger partial charge is 0.248 e. The Bertz CT molecular complexity index is 468. The van der Waals surface area contributed by atoms with Crippen molar-refractivity contribution < 1.29 is 18.3 Å². The Balaban J connectivity index is 2.15. The van der Waals surface area contributed by atoms with E-state index in [0.717, 1.165) is 6.07 Å². The lowest BCUT2D eigenvalue weighted by Gasteiger charge is -2.30. The predicted molar refractivity (Wildman–Crippen MR) is 65.6 cm³/mol. The maximum Gasteiger partial charge on any atom is 0.248 e. The average Bonchev–Trinajstić information content (AvgIpc) is 2.41. The van der Waals surface area contributed by atoms with Crippen LogP contribution in [0, 0.1) is 11.6 Å². The minimum Gasteiger partial charge on any atom is -0.370 e. The molecule has 2 rings (SSSR count). The molecule has 1 N–H and O–H groups in total. The first kappa shape index (κ1) is 13.9. The van der Waals surface area contributed by atoms with Gasteiger partial charge >= 0.3 is 0 Å². The normalized spacial score (nSPS) is 17.6. The van der Waals surface area contributed by atoms with Crippen LogP contribution in [0.25, 0.3) is 0 Å². The van der Waals surface area contributed by atoms with Gasteiger partial charge in [0.2, 0.25) is 5.91 Å². The third kappa shape index (κ3) is 3.08. The maximum absolute atomic E-state index is 13.7. The first-order chi connectivity index (χ1) is 9.13. The molecule has 104 valence electrons. The highest BCUT2D eigenvalue weighted by Gasteiger charge is 2.24. The van der Waals surface area contributed by atoms with Gasteiger partial charge in [-0.25, -0.2) is 8.78 Å². The van der Waals surface area contributed by atoms with Crippen LogP contribution in [0.1, 0.15) is 11.6 Å². The Labute approximate surface area is 110 Å². The number of hydrogen-bond donors (Lipinski definition) is 1. The van der Waals surface area contributed by atoms with Crippen molar-refractivity contribution in [2.45, 2.75) is 6.04 Å². The number of nitrogens with zero attached hydrogens (tertiary/aromatic N) is 1. The fourth-order valence-corrected chi connectivity index (χ4v) is 2.10. The number of morpholine rings is 1. The van der Waals surface area contributed by atoms with E-state index in [1.165, 1.54) is 12.1 Å². The number of rotatable bonds is 4. The number of carbonyl (C=O) groups excluding carboxylic acids is 1. The van der Waals surface area contributed by atoms with Crippen LogP contribution in [0.15, 0.2) is 18.2 Å². The van der Waals surface area contributed by atoms with Gasteiger partial charge in [-0.3, -0.25) is 4.79 Å². The molecule has 1 atom stereocenters. The summed E-state index contributed by atoms with van der Waals surface area (Å²) >= 11 is 0. The van der Waals surface area contributed by atoms with E-state index in [0.29, 0.717) is 19.7 Å². The van der Waals surface area contributed by atoms with Crippen LogP contribution in [0.2, 0.25) is 0 Å². The number of nitrogens with one attached hydrogen (secondary N) is 1. The molecular formula is C13H16F2N2O2. The van der Waals surface area contributed by atoms with Crippen molar-refractivity contribution in [2.75, 3.05) is 33.4 Å². The number of ether oxygens (including phenoxy) is 1. The van der Waals surface area contributed by atoms with Crippen LogP contribution in [0.4, 0.5) is 8.78 Å². The lowest BCUT2D eigenvalue weighted by Crippen LogP contribution is -2.45. The SMILES string of the molecule is CNC(CN1CCOCC1=O)c1cccc(F)c1F. The van der Waals surface area contributed by atoms with Gasteiger partial charge in [0.1, 0.15) is 6.61 Å². The van der Waals surface area contributed by atoms with Crippen LogP contribution in [-0.2, 0) is 9.53 Å². The summed E-state index contributed by atoms with van der Waals surface area (Å²) in [7, 11) is 1.65. The third-order valence-corrected chi connectivity index (χ3v) is 3.19. The topological polar surface area (TPSA) is 41.6 Å². The second-order valence-corrected chi connectivity index (χ2v) is 4.38. The van der Waals surface area contributed by atoms with Crippen molar-refractivity contribution in [3.05, 3.63) is 35.4 Å². The predicted octanol–water partition coefficient (Wildman–Crippen LogP) is 1.08. The second kappa shape index (κ2) is 6.08. The molecule has 0 saturated carbocycles. The van der Waals surface area contributed by atoms with Gasteiger partial charge < -0.3 is 15.0 Å². The zero-order valence-electron chi connectivity index (χ0n) is 10.7. The molecule has 0 radical (unpaired) electrons. The number of likely N-dealkylation sites (N-methyl/N-ethyl adjacent to an activating group) is 1. The van der Waals surface area contributed by atoms with Crippen LogP contribution in [0.3, 0.4) is 0 Å².